The lowest BCUT2D eigenvalue weighted by atomic mass is 10.1. The monoisotopic (exact) mass is 786 g/mol. The van der Waals surface area contributed by atoms with Crippen molar-refractivity contribution in [1.29, 1.82) is 0 Å². The maximum Gasteiger partial charge on any atom is 0.344 e. The maximum absolute atomic E-state index is 14.3. The lowest BCUT2D eigenvalue weighted by Gasteiger charge is -2.31. The fourth-order valence-corrected chi connectivity index (χ4v) is 8.59. The molecule has 0 fully saturated rings. The number of rotatable bonds is 42. The molecule has 8 nitrogen and oxygen atoms in total. The Labute approximate surface area is 336 Å². The summed E-state index contributed by atoms with van der Waals surface area (Å²) >= 11 is 0. The molecule has 54 heavy (non-hydrogen) atoms. The van der Waals surface area contributed by atoms with Crippen LogP contribution < -0.4 is 0 Å². The summed E-state index contributed by atoms with van der Waals surface area (Å²) in [5.74, 6) is 0.0500. The first-order chi connectivity index (χ1) is 26.3. The molecule has 0 saturated carbocycles. The van der Waals surface area contributed by atoms with Gasteiger partial charge in [-0.25, -0.2) is 0 Å². The van der Waals surface area contributed by atoms with Crippen LogP contribution in [-0.4, -0.2) is 85.3 Å². The molecule has 9 heteroatoms. The van der Waals surface area contributed by atoms with Crippen LogP contribution in [0.1, 0.15) is 221 Å². The van der Waals surface area contributed by atoms with E-state index in [1.165, 1.54) is 103 Å². The second kappa shape index (κ2) is 38.9. The molecule has 0 aromatic rings. The number of amides is 2. The Morgan fingerprint density at radius 1 is 0.389 bits per heavy atom. The molecular formula is C45H92N3O5P. The molecule has 0 spiro atoms. The van der Waals surface area contributed by atoms with Gasteiger partial charge in [0, 0.05) is 26.2 Å². The number of carbonyl (C=O) groups excluding carboxylic acids is 2. The quantitative estimate of drug-likeness (QED) is 0.0453. The van der Waals surface area contributed by atoms with Crippen LogP contribution in [0.5, 0.6) is 0 Å². The molecule has 0 radical (unpaired) electrons. The molecule has 0 bridgehead atoms. The lowest BCUT2D eigenvalue weighted by molar-refractivity contribution is -0.135. The zero-order valence-corrected chi connectivity index (χ0v) is 37.9. The topological polar surface area (TPSA) is 79.4 Å². The average Bonchev–Trinajstić information content (AvgIpc) is 3.15. The largest absolute Gasteiger partial charge is 0.344 e. The van der Waals surface area contributed by atoms with Gasteiger partial charge in [0.2, 0.25) is 11.8 Å². The predicted octanol–water partition coefficient (Wildman–Crippen LogP) is 13.2. The molecule has 0 heterocycles. The van der Waals surface area contributed by atoms with Crippen LogP contribution in [0.25, 0.3) is 0 Å². The fourth-order valence-electron chi connectivity index (χ4n) is 6.85. The molecule has 0 aliphatic heterocycles. The van der Waals surface area contributed by atoms with E-state index >= 15 is 0 Å². The summed E-state index contributed by atoms with van der Waals surface area (Å²) in [7, 11) is -3.57. The van der Waals surface area contributed by atoms with Crippen LogP contribution >= 0.6 is 7.60 Å². The van der Waals surface area contributed by atoms with Crippen LogP contribution in [0.2, 0.25) is 0 Å². The first kappa shape index (κ1) is 53.0. The minimum absolute atomic E-state index is 0.0250. The van der Waals surface area contributed by atoms with Gasteiger partial charge < -0.3 is 18.8 Å². The van der Waals surface area contributed by atoms with Gasteiger partial charge in [0.1, 0.15) is 6.29 Å². The SMILES string of the molecule is CCCCCCCCN(CCCCCCCC)C(=O)CN(CC(=O)N(CCCCCCCC)CCCCCCCC)CP(=O)(OCCCC)OCCCC. The molecule has 0 atom stereocenters. The van der Waals surface area contributed by atoms with Crippen molar-refractivity contribution in [3.05, 3.63) is 0 Å². The van der Waals surface area contributed by atoms with Crippen LogP contribution in [0, 0.1) is 0 Å². The van der Waals surface area contributed by atoms with Crippen molar-refractivity contribution >= 4 is 19.4 Å². The van der Waals surface area contributed by atoms with Crippen molar-refractivity contribution in [2.24, 2.45) is 0 Å². The highest BCUT2D eigenvalue weighted by Crippen LogP contribution is 2.49. The summed E-state index contributed by atoms with van der Waals surface area (Å²) in [6, 6.07) is 0. The highest BCUT2D eigenvalue weighted by atomic mass is 31.2. The Balaban J connectivity index is 6.13. The van der Waals surface area contributed by atoms with Crippen molar-refractivity contribution < 1.29 is 23.2 Å². The smallest absolute Gasteiger partial charge is 0.342 e. The third kappa shape index (κ3) is 31.2. The Hall–Kier alpha value is -0.950. The van der Waals surface area contributed by atoms with Crippen LogP contribution in [0.3, 0.4) is 0 Å². The minimum atomic E-state index is -3.57. The van der Waals surface area contributed by atoms with E-state index in [1.807, 2.05) is 14.7 Å². The van der Waals surface area contributed by atoms with E-state index in [2.05, 4.69) is 41.5 Å². The number of carbonyl (C=O) groups is 2. The van der Waals surface area contributed by atoms with Crippen LogP contribution in [0.15, 0.2) is 0 Å². The van der Waals surface area contributed by atoms with Crippen LogP contribution in [0.4, 0.5) is 0 Å². The van der Waals surface area contributed by atoms with Gasteiger partial charge in [-0.15, -0.1) is 0 Å². The molecule has 0 N–H and O–H groups in total. The van der Waals surface area contributed by atoms with Crippen molar-refractivity contribution in [2.75, 3.05) is 58.8 Å². The summed E-state index contributed by atoms with van der Waals surface area (Å²) in [5, 5.41) is 0. The molecule has 0 aromatic heterocycles. The zero-order valence-electron chi connectivity index (χ0n) is 37.0. The van der Waals surface area contributed by atoms with E-state index in [-0.39, 0.29) is 31.2 Å². The molecule has 2 amide bonds. The highest BCUT2D eigenvalue weighted by molar-refractivity contribution is 7.53. The highest BCUT2D eigenvalue weighted by Gasteiger charge is 2.32. The first-order valence-electron chi connectivity index (χ1n) is 23.5. The summed E-state index contributed by atoms with van der Waals surface area (Å²) < 4.78 is 26.4. The first-order valence-corrected chi connectivity index (χ1v) is 25.2. The van der Waals surface area contributed by atoms with Gasteiger partial charge in [-0.2, -0.15) is 0 Å². The number of hydrogen-bond donors (Lipinski definition) is 0. The molecule has 0 aliphatic rings. The zero-order chi connectivity index (χ0) is 40.0. The maximum atomic E-state index is 14.3. The van der Waals surface area contributed by atoms with Gasteiger partial charge in [-0.3, -0.25) is 19.1 Å². The molecule has 0 unspecified atom stereocenters. The van der Waals surface area contributed by atoms with Crippen molar-refractivity contribution in [3.8, 4) is 0 Å². The van der Waals surface area contributed by atoms with Gasteiger partial charge in [-0.1, -0.05) is 183 Å². The van der Waals surface area contributed by atoms with E-state index < -0.39 is 7.60 Å². The van der Waals surface area contributed by atoms with Gasteiger partial charge in [0.05, 0.1) is 26.3 Å². The van der Waals surface area contributed by atoms with E-state index in [9.17, 15) is 14.2 Å². The number of nitrogens with zero attached hydrogens (tertiary/aromatic N) is 3. The lowest BCUT2D eigenvalue weighted by Crippen LogP contribution is -2.46. The summed E-state index contributed by atoms with van der Waals surface area (Å²) in [6.45, 7) is 16.9. The third-order valence-electron chi connectivity index (χ3n) is 10.5. The summed E-state index contributed by atoms with van der Waals surface area (Å²) in [4.78, 5) is 34.3. The van der Waals surface area contributed by atoms with Crippen LogP contribution in [-0.2, 0) is 23.2 Å². The molecule has 0 aliphatic carbocycles. The molecule has 322 valence electrons. The van der Waals surface area contributed by atoms with Gasteiger partial charge in [0.15, 0.2) is 0 Å². The third-order valence-corrected chi connectivity index (χ3v) is 12.4. The fraction of sp³-hybridized carbons (Fsp3) is 0.956. The summed E-state index contributed by atoms with van der Waals surface area (Å²) in [6.07, 6.45) is 31.6. The second-order valence-electron chi connectivity index (χ2n) is 15.9. The van der Waals surface area contributed by atoms with E-state index in [4.69, 9.17) is 9.05 Å². The van der Waals surface area contributed by atoms with Crippen molar-refractivity contribution in [2.45, 2.75) is 221 Å². The number of hydrogen-bond acceptors (Lipinski definition) is 6. The minimum Gasteiger partial charge on any atom is -0.342 e. The van der Waals surface area contributed by atoms with E-state index in [1.54, 1.807) is 0 Å². The summed E-state index contributed by atoms with van der Waals surface area (Å²) in [5.41, 5.74) is 0. The van der Waals surface area contributed by atoms with E-state index in [0.717, 1.165) is 103 Å². The average molecular weight is 786 g/mol. The Kier molecular flexibility index (Phi) is 38.2. The standard InChI is InChI=1S/C45H92N3O5P/c1-7-13-19-23-27-31-35-47(36-32-28-24-20-14-8-2)44(49)41-46(43-54(51,52-39-17-11-5)53-40-18-12-6)42-45(50)48(37-33-29-25-21-15-9-3)38-34-30-26-22-16-10-4/h7-43H2,1-6H3. The normalized spacial score (nSPS) is 11.8. The Morgan fingerprint density at radius 2 is 0.648 bits per heavy atom. The number of unbranched alkanes of at least 4 members (excludes halogenated alkanes) is 22. The predicted molar refractivity (Wildman–Crippen MR) is 232 cm³/mol. The van der Waals surface area contributed by atoms with Gasteiger partial charge in [-0.05, 0) is 38.5 Å². The molecule has 0 aromatic carbocycles. The molecule has 0 saturated heterocycles. The second-order valence-corrected chi connectivity index (χ2v) is 18.0. The molecule has 0 rings (SSSR count). The van der Waals surface area contributed by atoms with Gasteiger partial charge in [0.25, 0.3) is 0 Å². The Bertz CT molecular complexity index is 795. The Morgan fingerprint density at radius 3 is 0.926 bits per heavy atom. The van der Waals surface area contributed by atoms with E-state index in [0.29, 0.717) is 13.2 Å². The van der Waals surface area contributed by atoms with Crippen molar-refractivity contribution in [3.63, 3.8) is 0 Å². The van der Waals surface area contributed by atoms with Gasteiger partial charge >= 0.3 is 7.60 Å². The molecular weight excluding hydrogens is 693 g/mol. The van der Waals surface area contributed by atoms with Crippen molar-refractivity contribution in [1.82, 2.24) is 14.7 Å².